The highest BCUT2D eigenvalue weighted by Crippen LogP contribution is 2.23. The Balaban J connectivity index is 0.00000312. The Morgan fingerprint density at radius 3 is 2.28 bits per heavy atom. The van der Waals surface area contributed by atoms with Gasteiger partial charge in [-0.25, -0.2) is 0 Å². The number of amides is 2. The molecular formula is C16H21ClF3N3O2. The molecule has 0 radical (unpaired) electrons. The van der Waals surface area contributed by atoms with Crippen LogP contribution in [0.5, 0.6) is 0 Å². The van der Waals surface area contributed by atoms with Gasteiger partial charge in [-0.15, -0.1) is 12.4 Å². The maximum Gasteiger partial charge on any atom is 0.471 e. The molecule has 0 aliphatic carbocycles. The summed E-state index contributed by atoms with van der Waals surface area (Å²) in [5, 5.41) is 2.74. The minimum absolute atomic E-state index is 0. The second kappa shape index (κ2) is 9.05. The minimum Gasteiger partial charge on any atom is -0.354 e. The van der Waals surface area contributed by atoms with E-state index in [2.05, 4.69) is 5.32 Å². The van der Waals surface area contributed by atoms with Gasteiger partial charge in [-0.3, -0.25) is 9.59 Å². The molecule has 1 atom stereocenters. The third-order valence-corrected chi connectivity index (χ3v) is 4.15. The van der Waals surface area contributed by atoms with Crippen LogP contribution in [-0.2, 0) is 9.59 Å². The summed E-state index contributed by atoms with van der Waals surface area (Å²) in [6, 6.07) is 8.13. The second-order valence-electron chi connectivity index (χ2n) is 5.87. The Bertz CT molecular complexity index is 576. The first kappa shape index (κ1) is 21.2. The van der Waals surface area contributed by atoms with E-state index in [4.69, 9.17) is 5.73 Å². The summed E-state index contributed by atoms with van der Waals surface area (Å²) in [7, 11) is 0. The number of likely N-dealkylation sites (tertiary alicyclic amines) is 1. The van der Waals surface area contributed by atoms with Crippen molar-refractivity contribution < 1.29 is 22.8 Å². The number of piperidine rings is 1. The van der Waals surface area contributed by atoms with Crippen molar-refractivity contribution in [2.75, 3.05) is 19.6 Å². The number of carbonyl (C=O) groups is 2. The van der Waals surface area contributed by atoms with Gasteiger partial charge >= 0.3 is 12.1 Å². The van der Waals surface area contributed by atoms with Crippen LogP contribution in [0.2, 0.25) is 0 Å². The molecule has 5 nitrogen and oxygen atoms in total. The summed E-state index contributed by atoms with van der Waals surface area (Å²) < 4.78 is 37.1. The van der Waals surface area contributed by atoms with Crippen molar-refractivity contribution in [1.29, 1.82) is 0 Å². The highest BCUT2D eigenvalue weighted by Gasteiger charge is 2.43. The molecule has 1 aromatic rings. The fraction of sp³-hybridized carbons (Fsp3) is 0.500. The van der Waals surface area contributed by atoms with E-state index in [0.29, 0.717) is 24.9 Å². The van der Waals surface area contributed by atoms with Crippen LogP contribution in [0, 0.1) is 5.92 Å². The van der Waals surface area contributed by atoms with Crippen molar-refractivity contribution in [1.82, 2.24) is 10.2 Å². The van der Waals surface area contributed by atoms with Crippen molar-refractivity contribution in [2.45, 2.75) is 25.1 Å². The number of nitrogens with one attached hydrogen (secondary N) is 1. The smallest absolute Gasteiger partial charge is 0.354 e. The molecule has 2 amide bonds. The summed E-state index contributed by atoms with van der Waals surface area (Å²) in [4.78, 5) is 24.0. The van der Waals surface area contributed by atoms with Gasteiger partial charge in [0.25, 0.3) is 0 Å². The van der Waals surface area contributed by atoms with Crippen molar-refractivity contribution in [3.63, 3.8) is 0 Å². The van der Waals surface area contributed by atoms with E-state index in [0.717, 1.165) is 4.90 Å². The van der Waals surface area contributed by atoms with Crippen molar-refractivity contribution in [3.8, 4) is 0 Å². The van der Waals surface area contributed by atoms with Crippen LogP contribution in [0.1, 0.15) is 24.4 Å². The van der Waals surface area contributed by atoms with Crippen LogP contribution < -0.4 is 11.1 Å². The molecule has 1 fully saturated rings. The maximum atomic E-state index is 12.4. The van der Waals surface area contributed by atoms with Gasteiger partial charge in [0, 0.05) is 19.6 Å². The van der Waals surface area contributed by atoms with Crippen molar-refractivity contribution >= 4 is 24.2 Å². The number of carbonyl (C=O) groups excluding carboxylic acids is 2. The normalized spacial score (nSPS) is 16.7. The highest BCUT2D eigenvalue weighted by atomic mass is 35.5. The number of benzene rings is 1. The number of hydrogen-bond donors (Lipinski definition) is 2. The quantitative estimate of drug-likeness (QED) is 0.840. The fourth-order valence-electron chi connectivity index (χ4n) is 2.69. The lowest BCUT2D eigenvalue weighted by Gasteiger charge is -2.32. The van der Waals surface area contributed by atoms with Crippen LogP contribution in [0.25, 0.3) is 0 Å². The molecule has 1 aromatic carbocycles. The second-order valence-corrected chi connectivity index (χ2v) is 5.87. The summed E-state index contributed by atoms with van der Waals surface area (Å²) in [5.41, 5.74) is 6.57. The van der Waals surface area contributed by atoms with E-state index in [1.807, 2.05) is 6.07 Å². The van der Waals surface area contributed by atoms with E-state index in [1.54, 1.807) is 24.3 Å². The molecule has 3 N–H and O–H groups in total. The lowest BCUT2D eigenvalue weighted by molar-refractivity contribution is -0.186. The van der Waals surface area contributed by atoms with Crippen LogP contribution in [-0.4, -0.2) is 42.5 Å². The van der Waals surface area contributed by atoms with Crippen molar-refractivity contribution in [2.24, 2.45) is 11.7 Å². The van der Waals surface area contributed by atoms with Crippen molar-refractivity contribution in [3.05, 3.63) is 35.9 Å². The molecule has 2 rings (SSSR count). The summed E-state index contributed by atoms with van der Waals surface area (Å²) in [6.07, 6.45) is -3.99. The molecule has 0 aromatic heterocycles. The topological polar surface area (TPSA) is 75.4 Å². The third kappa shape index (κ3) is 5.89. The molecule has 9 heteroatoms. The monoisotopic (exact) mass is 379 g/mol. The zero-order valence-corrected chi connectivity index (χ0v) is 14.3. The Kier molecular flexibility index (Phi) is 7.69. The fourth-order valence-corrected chi connectivity index (χ4v) is 2.69. The average Bonchev–Trinajstić information content (AvgIpc) is 2.58. The zero-order chi connectivity index (χ0) is 17.7. The largest absolute Gasteiger partial charge is 0.471 e. The first-order valence-corrected chi connectivity index (χ1v) is 7.73. The van der Waals surface area contributed by atoms with E-state index in [1.165, 1.54) is 0 Å². The lowest BCUT2D eigenvalue weighted by atomic mass is 9.96. The van der Waals surface area contributed by atoms with Crippen LogP contribution >= 0.6 is 12.4 Å². The van der Waals surface area contributed by atoms with Crippen LogP contribution in [0.15, 0.2) is 30.3 Å². The number of nitrogens with zero attached hydrogens (tertiary/aromatic N) is 1. The molecule has 1 aliphatic rings. The first-order chi connectivity index (χ1) is 11.3. The molecule has 0 spiro atoms. The van der Waals surface area contributed by atoms with Gasteiger partial charge in [0.2, 0.25) is 5.91 Å². The van der Waals surface area contributed by atoms with Gasteiger partial charge < -0.3 is 16.0 Å². The molecular weight excluding hydrogens is 359 g/mol. The summed E-state index contributed by atoms with van der Waals surface area (Å²) >= 11 is 0. The third-order valence-electron chi connectivity index (χ3n) is 4.15. The Morgan fingerprint density at radius 2 is 1.76 bits per heavy atom. The van der Waals surface area contributed by atoms with Gasteiger partial charge in [0.05, 0.1) is 0 Å². The van der Waals surface area contributed by atoms with E-state index >= 15 is 0 Å². The summed E-state index contributed by atoms with van der Waals surface area (Å²) in [5.74, 6) is -2.08. The van der Waals surface area contributed by atoms with Gasteiger partial charge in [-0.1, -0.05) is 30.3 Å². The molecule has 0 saturated carbocycles. The molecule has 1 unspecified atom stereocenters. The molecule has 1 aliphatic heterocycles. The number of alkyl halides is 3. The average molecular weight is 380 g/mol. The first-order valence-electron chi connectivity index (χ1n) is 7.73. The lowest BCUT2D eigenvalue weighted by Crippen LogP contribution is -2.47. The maximum absolute atomic E-state index is 12.4. The SMILES string of the molecule is Cl.NC(C(=O)NCC1CCN(C(=O)C(F)(F)F)CC1)c1ccccc1. The van der Waals surface area contributed by atoms with Crippen LogP contribution in [0.3, 0.4) is 0 Å². The molecule has 0 bridgehead atoms. The molecule has 1 saturated heterocycles. The van der Waals surface area contributed by atoms with Crippen LogP contribution in [0.4, 0.5) is 13.2 Å². The highest BCUT2D eigenvalue weighted by molar-refractivity contribution is 5.85. The predicted molar refractivity (Wildman–Crippen MR) is 89.0 cm³/mol. The number of halogens is 4. The number of rotatable bonds is 4. The predicted octanol–water partition coefficient (Wildman–Crippen LogP) is 2.03. The van der Waals surface area contributed by atoms with Gasteiger partial charge in [-0.2, -0.15) is 13.2 Å². The molecule has 25 heavy (non-hydrogen) atoms. The Labute approximate surface area is 150 Å². The zero-order valence-electron chi connectivity index (χ0n) is 13.5. The standard InChI is InChI=1S/C16H20F3N3O2.ClH/c17-16(18,19)15(24)22-8-6-11(7-9-22)10-21-14(23)13(20)12-4-2-1-3-5-12;/h1-5,11,13H,6-10,20H2,(H,21,23);1H. The minimum atomic E-state index is -4.83. The van der Waals surface area contributed by atoms with Gasteiger partial charge in [-0.05, 0) is 24.3 Å². The Hall–Kier alpha value is -1.80. The van der Waals surface area contributed by atoms with Gasteiger partial charge in [0.1, 0.15) is 6.04 Å². The van der Waals surface area contributed by atoms with E-state index in [-0.39, 0.29) is 37.3 Å². The summed E-state index contributed by atoms with van der Waals surface area (Å²) in [6.45, 7) is 0.431. The Morgan fingerprint density at radius 1 is 1.20 bits per heavy atom. The van der Waals surface area contributed by atoms with E-state index < -0.39 is 18.1 Å². The number of nitrogens with two attached hydrogens (primary N) is 1. The molecule has 140 valence electrons. The molecule has 1 heterocycles. The number of hydrogen-bond acceptors (Lipinski definition) is 3. The van der Waals surface area contributed by atoms with E-state index in [9.17, 15) is 22.8 Å². The van der Waals surface area contributed by atoms with Gasteiger partial charge in [0.15, 0.2) is 0 Å².